The second-order valence-corrected chi connectivity index (χ2v) is 4.42. The summed E-state index contributed by atoms with van der Waals surface area (Å²) in [6, 6.07) is 5.41. The normalized spacial score (nSPS) is 13.8. The molecule has 0 aliphatic carbocycles. The number of halogens is 1. The highest BCUT2D eigenvalue weighted by Gasteiger charge is 2.05. The van der Waals surface area contributed by atoms with Crippen molar-refractivity contribution in [1.82, 2.24) is 0 Å². The molecule has 6 heteroatoms. The Bertz CT molecular complexity index is 378. The SMILES string of the molecule is NC(CCS(=O)c1ccc(F)cc1)=NO. The van der Waals surface area contributed by atoms with Gasteiger partial charge in [-0.3, -0.25) is 4.21 Å². The van der Waals surface area contributed by atoms with Gasteiger partial charge >= 0.3 is 0 Å². The fourth-order valence-electron chi connectivity index (χ4n) is 0.951. The number of nitrogens with two attached hydrogens (primary N) is 1. The average molecular weight is 230 g/mol. The van der Waals surface area contributed by atoms with E-state index in [2.05, 4.69) is 5.16 Å². The predicted octanol–water partition coefficient (Wildman–Crippen LogP) is 1.07. The van der Waals surface area contributed by atoms with Crippen LogP contribution in [0.3, 0.4) is 0 Å². The molecule has 0 bridgehead atoms. The molecule has 82 valence electrons. The molecule has 0 aromatic heterocycles. The number of amidine groups is 1. The van der Waals surface area contributed by atoms with Crippen LogP contribution in [0.4, 0.5) is 4.39 Å². The van der Waals surface area contributed by atoms with Gasteiger partial charge in [-0.1, -0.05) is 5.16 Å². The molecule has 0 aliphatic rings. The summed E-state index contributed by atoms with van der Waals surface area (Å²) < 4.78 is 24.1. The Morgan fingerprint density at radius 3 is 2.60 bits per heavy atom. The number of benzene rings is 1. The van der Waals surface area contributed by atoms with Crippen molar-refractivity contribution in [1.29, 1.82) is 0 Å². The van der Waals surface area contributed by atoms with Crippen LogP contribution in [0.5, 0.6) is 0 Å². The quantitative estimate of drug-likeness (QED) is 0.351. The third-order valence-electron chi connectivity index (χ3n) is 1.75. The minimum atomic E-state index is -1.25. The van der Waals surface area contributed by atoms with Crippen molar-refractivity contribution in [2.45, 2.75) is 11.3 Å². The van der Waals surface area contributed by atoms with Gasteiger partial charge in [0.25, 0.3) is 0 Å². The predicted molar refractivity (Wildman–Crippen MR) is 55.7 cm³/mol. The molecule has 4 nitrogen and oxygen atoms in total. The molecule has 15 heavy (non-hydrogen) atoms. The van der Waals surface area contributed by atoms with E-state index in [0.29, 0.717) is 4.90 Å². The molecule has 1 rings (SSSR count). The van der Waals surface area contributed by atoms with E-state index in [1.807, 2.05) is 0 Å². The maximum atomic E-state index is 12.5. The second kappa shape index (κ2) is 5.45. The van der Waals surface area contributed by atoms with Crippen molar-refractivity contribution in [3.63, 3.8) is 0 Å². The Hall–Kier alpha value is -1.43. The lowest BCUT2D eigenvalue weighted by Gasteiger charge is -2.01. The largest absolute Gasteiger partial charge is 0.409 e. The molecule has 0 amide bonds. The summed E-state index contributed by atoms with van der Waals surface area (Å²) in [5.41, 5.74) is 5.23. The molecule has 3 N–H and O–H groups in total. The van der Waals surface area contributed by atoms with Crippen LogP contribution in [0.15, 0.2) is 34.3 Å². The van der Waals surface area contributed by atoms with E-state index >= 15 is 0 Å². The molecule has 0 fully saturated rings. The molecule has 0 radical (unpaired) electrons. The van der Waals surface area contributed by atoms with Gasteiger partial charge in [-0.25, -0.2) is 4.39 Å². The standard InChI is InChI=1S/C9H11FN2O2S/c10-7-1-3-8(4-2-7)15(14)6-5-9(11)12-13/h1-4,13H,5-6H2,(H2,11,12). The van der Waals surface area contributed by atoms with Gasteiger partial charge in [0, 0.05) is 17.1 Å². The molecule has 0 saturated heterocycles. The van der Waals surface area contributed by atoms with Gasteiger partial charge in [0.05, 0.1) is 10.8 Å². The van der Waals surface area contributed by atoms with Gasteiger partial charge in [-0.05, 0) is 24.3 Å². The summed E-state index contributed by atoms with van der Waals surface area (Å²) in [5, 5.41) is 11.0. The van der Waals surface area contributed by atoms with E-state index in [0.717, 1.165) is 0 Å². The van der Waals surface area contributed by atoms with E-state index < -0.39 is 10.8 Å². The molecule has 0 aliphatic heterocycles. The van der Waals surface area contributed by atoms with Gasteiger partial charge < -0.3 is 10.9 Å². The molecular weight excluding hydrogens is 219 g/mol. The smallest absolute Gasteiger partial charge is 0.140 e. The van der Waals surface area contributed by atoms with Crippen LogP contribution in [-0.4, -0.2) is 21.0 Å². The third-order valence-corrected chi connectivity index (χ3v) is 3.12. The number of rotatable bonds is 4. The lowest BCUT2D eigenvalue weighted by Crippen LogP contribution is -2.15. The maximum Gasteiger partial charge on any atom is 0.140 e. The summed E-state index contributed by atoms with van der Waals surface area (Å²) >= 11 is 0. The average Bonchev–Trinajstić information content (AvgIpc) is 2.26. The third kappa shape index (κ3) is 3.67. The molecule has 1 aromatic carbocycles. The highest BCUT2D eigenvalue weighted by atomic mass is 32.2. The van der Waals surface area contributed by atoms with Crippen LogP contribution in [0, 0.1) is 5.82 Å². The van der Waals surface area contributed by atoms with Crippen molar-refractivity contribution < 1.29 is 13.8 Å². The lowest BCUT2D eigenvalue weighted by atomic mass is 10.4. The van der Waals surface area contributed by atoms with Crippen molar-refractivity contribution in [3.8, 4) is 0 Å². The molecule has 0 saturated carbocycles. The maximum absolute atomic E-state index is 12.5. The summed E-state index contributed by atoms with van der Waals surface area (Å²) in [6.07, 6.45) is 0.237. The van der Waals surface area contributed by atoms with Crippen molar-refractivity contribution >= 4 is 16.6 Å². The summed E-state index contributed by atoms with van der Waals surface area (Å²) in [5.74, 6) is -0.0840. The van der Waals surface area contributed by atoms with Crippen LogP contribution in [-0.2, 0) is 10.8 Å². The first-order valence-corrected chi connectivity index (χ1v) is 5.55. The molecule has 1 unspecified atom stereocenters. The zero-order chi connectivity index (χ0) is 11.3. The first-order valence-electron chi connectivity index (χ1n) is 4.24. The van der Waals surface area contributed by atoms with Crippen LogP contribution in [0.1, 0.15) is 6.42 Å². The van der Waals surface area contributed by atoms with Crippen molar-refractivity contribution in [2.24, 2.45) is 10.9 Å². The molecule has 0 heterocycles. The second-order valence-electron chi connectivity index (χ2n) is 2.84. The summed E-state index contributed by atoms with van der Waals surface area (Å²) in [4.78, 5) is 0.530. The molecular formula is C9H11FN2O2S. The van der Waals surface area contributed by atoms with Crippen LogP contribution in [0.2, 0.25) is 0 Å². The Morgan fingerprint density at radius 2 is 2.07 bits per heavy atom. The van der Waals surface area contributed by atoms with Crippen LogP contribution < -0.4 is 5.73 Å². The minimum Gasteiger partial charge on any atom is -0.409 e. The highest BCUT2D eigenvalue weighted by molar-refractivity contribution is 7.85. The summed E-state index contributed by atoms with van der Waals surface area (Å²) in [7, 11) is -1.25. The van der Waals surface area contributed by atoms with E-state index in [9.17, 15) is 8.60 Å². The van der Waals surface area contributed by atoms with Gasteiger partial charge in [-0.15, -0.1) is 0 Å². The Labute approximate surface area is 89.0 Å². The lowest BCUT2D eigenvalue weighted by molar-refractivity contribution is 0.317. The molecule has 1 atom stereocenters. The number of hydrogen-bond donors (Lipinski definition) is 2. The number of oxime groups is 1. The Kier molecular flexibility index (Phi) is 4.23. The first-order chi connectivity index (χ1) is 7.13. The van der Waals surface area contributed by atoms with Gasteiger partial charge in [0.1, 0.15) is 11.7 Å². The minimum absolute atomic E-state index is 0.0328. The molecule has 1 aromatic rings. The van der Waals surface area contributed by atoms with E-state index in [1.165, 1.54) is 24.3 Å². The first kappa shape index (κ1) is 11.6. The van der Waals surface area contributed by atoms with Crippen LogP contribution >= 0.6 is 0 Å². The Balaban J connectivity index is 2.58. The highest BCUT2D eigenvalue weighted by Crippen LogP contribution is 2.08. The zero-order valence-electron chi connectivity index (χ0n) is 7.89. The van der Waals surface area contributed by atoms with Crippen molar-refractivity contribution in [3.05, 3.63) is 30.1 Å². The van der Waals surface area contributed by atoms with Gasteiger partial charge in [0.15, 0.2) is 0 Å². The van der Waals surface area contributed by atoms with Gasteiger partial charge in [0.2, 0.25) is 0 Å². The van der Waals surface area contributed by atoms with E-state index in [1.54, 1.807) is 0 Å². The fraction of sp³-hybridized carbons (Fsp3) is 0.222. The van der Waals surface area contributed by atoms with Crippen LogP contribution in [0.25, 0.3) is 0 Å². The fourth-order valence-corrected chi connectivity index (χ4v) is 2.02. The topological polar surface area (TPSA) is 75.7 Å². The summed E-state index contributed by atoms with van der Waals surface area (Å²) in [6.45, 7) is 0. The van der Waals surface area contributed by atoms with Gasteiger partial charge in [-0.2, -0.15) is 0 Å². The number of hydrogen-bond acceptors (Lipinski definition) is 3. The Morgan fingerprint density at radius 1 is 1.47 bits per heavy atom. The monoisotopic (exact) mass is 230 g/mol. The van der Waals surface area contributed by atoms with Crippen molar-refractivity contribution in [2.75, 3.05) is 5.75 Å². The van der Waals surface area contributed by atoms with E-state index in [-0.39, 0.29) is 23.8 Å². The number of nitrogens with zero attached hydrogens (tertiary/aromatic N) is 1. The molecule has 0 spiro atoms. The zero-order valence-corrected chi connectivity index (χ0v) is 8.71. The van der Waals surface area contributed by atoms with E-state index in [4.69, 9.17) is 10.9 Å².